The van der Waals surface area contributed by atoms with E-state index in [0.717, 1.165) is 36.4 Å². The third-order valence-electron chi connectivity index (χ3n) is 3.67. The number of nitrogens with zero attached hydrogens (tertiary/aromatic N) is 3. The molecule has 0 amide bonds. The normalized spacial score (nSPS) is 16.8. The topological polar surface area (TPSA) is 41.0 Å². The van der Waals surface area contributed by atoms with Crippen molar-refractivity contribution in [2.24, 2.45) is 5.92 Å². The molecule has 0 spiro atoms. The van der Waals surface area contributed by atoms with Crippen LogP contribution in [0.3, 0.4) is 0 Å². The van der Waals surface area contributed by atoms with E-state index >= 15 is 0 Å². The molecular weight excluding hydrogens is 256 g/mol. The number of aromatic nitrogens is 2. The van der Waals surface area contributed by atoms with Gasteiger partial charge in [-0.25, -0.2) is 9.97 Å². The highest BCUT2D eigenvalue weighted by Crippen LogP contribution is 2.22. The minimum atomic E-state index is 0.472. The molecule has 19 heavy (non-hydrogen) atoms. The number of hydrogen-bond acceptors (Lipinski definition) is 5. The lowest BCUT2D eigenvalue weighted by Crippen LogP contribution is -2.40. The van der Waals surface area contributed by atoms with Crippen LogP contribution in [0, 0.1) is 5.92 Å². The van der Waals surface area contributed by atoms with Crippen molar-refractivity contribution < 1.29 is 0 Å². The molecule has 0 atom stereocenters. The molecule has 106 valence electrons. The van der Waals surface area contributed by atoms with E-state index in [1.54, 1.807) is 18.1 Å². The molecule has 0 unspecified atom stereocenters. The van der Waals surface area contributed by atoms with Crippen molar-refractivity contribution in [3.05, 3.63) is 12.4 Å². The minimum absolute atomic E-state index is 0.472. The highest BCUT2D eigenvalue weighted by Gasteiger charge is 2.20. The van der Waals surface area contributed by atoms with Crippen LogP contribution in [0.2, 0.25) is 0 Å². The van der Waals surface area contributed by atoms with E-state index in [1.807, 2.05) is 0 Å². The summed E-state index contributed by atoms with van der Waals surface area (Å²) in [5.41, 5.74) is 0. The zero-order valence-corrected chi connectivity index (χ0v) is 12.9. The number of hydrogen-bond donors (Lipinski definition) is 1. The van der Waals surface area contributed by atoms with Crippen LogP contribution in [-0.4, -0.2) is 41.9 Å². The lowest BCUT2D eigenvalue weighted by atomic mass is 9.97. The molecule has 0 bridgehead atoms. The number of anilines is 1. The molecule has 2 rings (SSSR count). The quantitative estimate of drug-likeness (QED) is 0.662. The lowest BCUT2D eigenvalue weighted by Gasteiger charge is -2.33. The third-order valence-corrected chi connectivity index (χ3v) is 4.31. The van der Waals surface area contributed by atoms with Crippen molar-refractivity contribution in [1.29, 1.82) is 0 Å². The van der Waals surface area contributed by atoms with Crippen molar-refractivity contribution in [3.8, 4) is 0 Å². The summed E-state index contributed by atoms with van der Waals surface area (Å²) < 4.78 is 0. The Balaban J connectivity index is 2.09. The van der Waals surface area contributed by atoms with Gasteiger partial charge in [-0.1, -0.05) is 0 Å². The second-order valence-corrected chi connectivity index (χ2v) is 6.18. The van der Waals surface area contributed by atoms with Crippen molar-refractivity contribution >= 4 is 17.6 Å². The van der Waals surface area contributed by atoms with Crippen LogP contribution in [-0.2, 0) is 0 Å². The Morgan fingerprint density at radius 2 is 2.11 bits per heavy atom. The fourth-order valence-electron chi connectivity index (χ4n) is 2.51. The van der Waals surface area contributed by atoms with Crippen molar-refractivity contribution in [1.82, 2.24) is 15.3 Å². The zero-order chi connectivity index (χ0) is 13.7. The van der Waals surface area contributed by atoms with Crippen molar-refractivity contribution in [3.63, 3.8) is 0 Å². The monoisotopic (exact) mass is 280 g/mol. The highest BCUT2D eigenvalue weighted by atomic mass is 32.2. The van der Waals surface area contributed by atoms with Crippen LogP contribution in [0.5, 0.6) is 0 Å². The van der Waals surface area contributed by atoms with Crippen LogP contribution in [0.4, 0.5) is 5.82 Å². The number of nitrogens with one attached hydrogen (secondary N) is 1. The van der Waals surface area contributed by atoms with Gasteiger partial charge in [0, 0.05) is 18.7 Å². The first-order valence-corrected chi connectivity index (χ1v) is 8.26. The van der Waals surface area contributed by atoms with Crippen LogP contribution in [0.1, 0.15) is 26.7 Å². The SMILES string of the molecule is CSc1cc(N(CC2CCNCC2)C(C)C)ncn1. The summed E-state index contributed by atoms with van der Waals surface area (Å²) in [6.07, 6.45) is 6.27. The molecule has 1 aliphatic rings. The average molecular weight is 280 g/mol. The molecule has 1 aromatic rings. The molecule has 0 aromatic carbocycles. The van der Waals surface area contributed by atoms with Gasteiger partial charge in [0.05, 0.1) is 0 Å². The van der Waals surface area contributed by atoms with Gasteiger partial charge in [0.2, 0.25) is 0 Å². The molecule has 5 heteroatoms. The van der Waals surface area contributed by atoms with Crippen molar-refractivity contribution in [2.75, 3.05) is 30.8 Å². The Bertz CT molecular complexity index is 391. The first kappa shape index (κ1) is 14.6. The van der Waals surface area contributed by atoms with Gasteiger partial charge in [0.15, 0.2) is 0 Å². The first-order chi connectivity index (χ1) is 9.20. The van der Waals surface area contributed by atoms with Crippen LogP contribution in [0.15, 0.2) is 17.4 Å². The second kappa shape index (κ2) is 7.10. The summed E-state index contributed by atoms with van der Waals surface area (Å²) in [7, 11) is 0. The molecular formula is C14H24N4S. The molecule has 2 heterocycles. The molecule has 0 aliphatic carbocycles. The van der Waals surface area contributed by atoms with E-state index in [0.29, 0.717) is 6.04 Å². The van der Waals surface area contributed by atoms with Crippen LogP contribution in [0.25, 0.3) is 0 Å². The summed E-state index contributed by atoms with van der Waals surface area (Å²) in [4.78, 5) is 11.1. The van der Waals surface area contributed by atoms with Gasteiger partial charge in [0.25, 0.3) is 0 Å². The molecule has 1 fully saturated rings. The Labute approximate surface area is 120 Å². The van der Waals surface area contributed by atoms with Crippen molar-refractivity contribution in [2.45, 2.75) is 37.8 Å². The number of rotatable bonds is 5. The second-order valence-electron chi connectivity index (χ2n) is 5.36. The Kier molecular flexibility index (Phi) is 5.45. The Morgan fingerprint density at radius 1 is 1.37 bits per heavy atom. The maximum Gasteiger partial charge on any atom is 0.133 e. The van der Waals surface area contributed by atoms with Crippen LogP contribution < -0.4 is 10.2 Å². The summed E-state index contributed by atoms with van der Waals surface area (Å²) >= 11 is 1.67. The molecule has 1 N–H and O–H groups in total. The molecule has 0 saturated carbocycles. The molecule has 4 nitrogen and oxygen atoms in total. The summed E-state index contributed by atoms with van der Waals surface area (Å²) in [6.45, 7) is 7.88. The average Bonchev–Trinajstić information content (AvgIpc) is 2.45. The molecule has 0 radical (unpaired) electrons. The zero-order valence-electron chi connectivity index (χ0n) is 12.1. The van der Waals surface area contributed by atoms with Gasteiger partial charge in [-0.2, -0.15) is 0 Å². The van der Waals surface area contributed by atoms with E-state index < -0.39 is 0 Å². The summed E-state index contributed by atoms with van der Waals surface area (Å²) in [5, 5.41) is 4.47. The van der Waals surface area contributed by atoms with Gasteiger partial charge < -0.3 is 10.2 Å². The van der Waals surface area contributed by atoms with E-state index in [4.69, 9.17) is 0 Å². The molecule has 1 aromatic heterocycles. The van der Waals surface area contributed by atoms with E-state index in [1.165, 1.54) is 12.8 Å². The number of piperidine rings is 1. The lowest BCUT2D eigenvalue weighted by molar-refractivity contribution is 0.367. The smallest absolute Gasteiger partial charge is 0.133 e. The number of thioether (sulfide) groups is 1. The van der Waals surface area contributed by atoms with Gasteiger partial charge in [-0.05, 0) is 52.0 Å². The minimum Gasteiger partial charge on any atom is -0.354 e. The van der Waals surface area contributed by atoms with Gasteiger partial charge in [0.1, 0.15) is 17.2 Å². The fraction of sp³-hybridized carbons (Fsp3) is 0.714. The largest absolute Gasteiger partial charge is 0.354 e. The van der Waals surface area contributed by atoms with Gasteiger partial charge in [-0.15, -0.1) is 11.8 Å². The van der Waals surface area contributed by atoms with Crippen LogP contribution >= 0.6 is 11.8 Å². The summed E-state index contributed by atoms with van der Waals surface area (Å²) in [6, 6.07) is 2.57. The first-order valence-electron chi connectivity index (χ1n) is 7.04. The molecule has 1 saturated heterocycles. The van der Waals surface area contributed by atoms with E-state index in [-0.39, 0.29) is 0 Å². The van der Waals surface area contributed by atoms with Gasteiger partial charge >= 0.3 is 0 Å². The predicted octanol–water partition coefficient (Wildman–Crippen LogP) is 2.41. The maximum atomic E-state index is 4.46. The Morgan fingerprint density at radius 3 is 2.74 bits per heavy atom. The van der Waals surface area contributed by atoms with Gasteiger partial charge in [-0.3, -0.25) is 0 Å². The van der Waals surface area contributed by atoms with E-state index in [2.05, 4.69) is 46.4 Å². The Hall–Kier alpha value is -0.810. The molecule has 1 aliphatic heterocycles. The fourth-order valence-corrected chi connectivity index (χ4v) is 2.89. The predicted molar refractivity (Wildman–Crippen MR) is 81.9 cm³/mol. The third kappa shape index (κ3) is 4.08. The maximum absolute atomic E-state index is 4.46. The standard InChI is InChI=1S/C14H24N4S/c1-11(2)18(9-12-4-6-15-7-5-12)13-8-14(19-3)17-10-16-13/h8,10-12,15H,4-7,9H2,1-3H3. The summed E-state index contributed by atoms with van der Waals surface area (Å²) in [5.74, 6) is 1.84. The highest BCUT2D eigenvalue weighted by molar-refractivity contribution is 7.98. The van der Waals surface area contributed by atoms with E-state index in [9.17, 15) is 0 Å².